The molecule has 3 rings (SSSR count). The highest BCUT2D eigenvalue weighted by molar-refractivity contribution is 7.92. The monoisotopic (exact) mass is 423 g/mol. The van der Waals surface area contributed by atoms with Gasteiger partial charge in [0.2, 0.25) is 5.91 Å². The number of ether oxygens (including phenoxy) is 1. The van der Waals surface area contributed by atoms with Crippen LogP contribution in [-0.2, 0) is 14.8 Å². The average Bonchev–Trinajstić information content (AvgIpc) is 3.51. The Labute approximate surface area is 167 Å². The highest BCUT2D eigenvalue weighted by Gasteiger charge is 2.29. The number of anilines is 1. The Hall–Kier alpha value is -2.78. The number of halogens is 1. The predicted octanol–water partition coefficient (Wildman–Crippen LogP) is 2.32. The summed E-state index contributed by atoms with van der Waals surface area (Å²) in [5.41, 5.74) is 4.86. The molecule has 3 N–H and O–H groups in total. The maximum atomic E-state index is 12.7. The Bertz CT molecular complexity index is 1020. The van der Waals surface area contributed by atoms with Crippen LogP contribution in [-0.4, -0.2) is 27.3 Å². The van der Waals surface area contributed by atoms with E-state index < -0.39 is 15.9 Å². The number of hydrogen-bond acceptors (Lipinski definition) is 5. The van der Waals surface area contributed by atoms with Gasteiger partial charge in [-0.1, -0.05) is 17.7 Å². The second kappa shape index (κ2) is 8.07. The number of nitrogens with one attached hydrogen (secondary N) is 3. The molecule has 0 heterocycles. The van der Waals surface area contributed by atoms with E-state index in [0.29, 0.717) is 10.8 Å². The van der Waals surface area contributed by atoms with E-state index in [1.165, 1.54) is 43.5 Å². The summed E-state index contributed by atoms with van der Waals surface area (Å²) < 4.78 is 32.9. The molecule has 0 unspecified atom stereocenters. The number of hydrazine groups is 1. The van der Waals surface area contributed by atoms with Crippen molar-refractivity contribution in [2.24, 2.45) is 5.92 Å². The fourth-order valence-electron chi connectivity index (χ4n) is 2.41. The van der Waals surface area contributed by atoms with E-state index in [1.54, 1.807) is 6.07 Å². The number of carbonyl (C=O) groups is 2. The standard InChI is InChI=1S/C18H18ClN3O5S/c1-27-16-8-7-13(19)10-15(16)22-28(25,26)14-4-2-3-12(9-14)18(24)21-20-17(23)11-5-6-11/h2-4,7-11,22H,5-6H2,1H3,(H,20,23)(H,21,24). The van der Waals surface area contributed by atoms with Crippen molar-refractivity contribution in [3.8, 4) is 5.75 Å². The molecular weight excluding hydrogens is 406 g/mol. The molecule has 28 heavy (non-hydrogen) atoms. The molecule has 1 aliphatic carbocycles. The van der Waals surface area contributed by atoms with Crippen molar-refractivity contribution in [3.05, 3.63) is 53.1 Å². The molecule has 2 aromatic carbocycles. The Morgan fingerprint density at radius 1 is 1.11 bits per heavy atom. The summed E-state index contributed by atoms with van der Waals surface area (Å²) in [6.45, 7) is 0. The van der Waals surface area contributed by atoms with Gasteiger partial charge in [0, 0.05) is 16.5 Å². The van der Waals surface area contributed by atoms with Crippen molar-refractivity contribution in [1.29, 1.82) is 0 Å². The SMILES string of the molecule is COc1ccc(Cl)cc1NS(=O)(=O)c1cccc(C(=O)NNC(=O)C2CC2)c1. The lowest BCUT2D eigenvalue weighted by Gasteiger charge is -2.13. The van der Waals surface area contributed by atoms with E-state index in [2.05, 4.69) is 15.6 Å². The van der Waals surface area contributed by atoms with Crippen molar-refractivity contribution >= 4 is 39.1 Å². The smallest absolute Gasteiger partial charge is 0.269 e. The normalized spacial score (nSPS) is 13.5. The van der Waals surface area contributed by atoms with Gasteiger partial charge in [0.1, 0.15) is 5.75 Å². The predicted molar refractivity (Wildman–Crippen MR) is 104 cm³/mol. The molecule has 0 spiro atoms. The molecule has 2 amide bonds. The number of rotatable bonds is 6. The van der Waals surface area contributed by atoms with Gasteiger partial charge in [-0.15, -0.1) is 0 Å². The van der Waals surface area contributed by atoms with Gasteiger partial charge in [-0.25, -0.2) is 8.42 Å². The number of sulfonamides is 1. The molecule has 0 radical (unpaired) electrons. The van der Waals surface area contributed by atoms with Gasteiger partial charge in [0.25, 0.3) is 15.9 Å². The van der Waals surface area contributed by atoms with Crippen LogP contribution in [0.1, 0.15) is 23.2 Å². The molecule has 2 aromatic rings. The molecule has 0 bridgehead atoms. The number of carbonyl (C=O) groups excluding carboxylic acids is 2. The zero-order chi connectivity index (χ0) is 20.3. The van der Waals surface area contributed by atoms with Crippen LogP contribution in [0, 0.1) is 5.92 Å². The highest BCUT2D eigenvalue weighted by atomic mass is 35.5. The first kappa shape index (κ1) is 20.0. The molecule has 0 atom stereocenters. The first-order chi connectivity index (χ1) is 13.3. The van der Waals surface area contributed by atoms with Gasteiger partial charge in [0.05, 0.1) is 17.7 Å². The zero-order valence-corrected chi connectivity index (χ0v) is 16.4. The van der Waals surface area contributed by atoms with Crippen LogP contribution in [0.2, 0.25) is 5.02 Å². The van der Waals surface area contributed by atoms with Crippen molar-refractivity contribution < 1.29 is 22.7 Å². The second-order valence-corrected chi connectivity index (χ2v) is 8.31. The minimum absolute atomic E-state index is 0.0658. The van der Waals surface area contributed by atoms with Crippen molar-refractivity contribution in [2.75, 3.05) is 11.8 Å². The summed E-state index contributed by atoms with van der Waals surface area (Å²) in [6.07, 6.45) is 1.60. The first-order valence-corrected chi connectivity index (χ1v) is 10.2. The van der Waals surface area contributed by atoms with E-state index in [9.17, 15) is 18.0 Å². The van der Waals surface area contributed by atoms with Gasteiger partial charge in [-0.3, -0.25) is 25.2 Å². The summed E-state index contributed by atoms with van der Waals surface area (Å²) in [5, 5.41) is 0.332. The van der Waals surface area contributed by atoms with Gasteiger partial charge in [-0.05, 0) is 49.2 Å². The molecule has 10 heteroatoms. The van der Waals surface area contributed by atoms with Crippen LogP contribution < -0.4 is 20.3 Å². The molecule has 8 nitrogen and oxygen atoms in total. The quantitative estimate of drug-likeness (QED) is 0.617. The Balaban J connectivity index is 1.77. The lowest BCUT2D eigenvalue weighted by atomic mass is 10.2. The van der Waals surface area contributed by atoms with Gasteiger partial charge in [-0.2, -0.15) is 0 Å². The van der Waals surface area contributed by atoms with Crippen molar-refractivity contribution in [2.45, 2.75) is 17.7 Å². The summed E-state index contributed by atoms with van der Waals surface area (Å²) >= 11 is 5.92. The van der Waals surface area contributed by atoms with Gasteiger partial charge >= 0.3 is 0 Å². The van der Waals surface area contributed by atoms with E-state index in [4.69, 9.17) is 16.3 Å². The molecule has 0 saturated heterocycles. The fraction of sp³-hybridized carbons (Fsp3) is 0.222. The summed E-state index contributed by atoms with van der Waals surface area (Å²) in [4.78, 5) is 23.7. The number of benzene rings is 2. The van der Waals surface area contributed by atoms with Crippen LogP contribution in [0.15, 0.2) is 47.4 Å². The van der Waals surface area contributed by atoms with E-state index in [-0.39, 0.29) is 28.0 Å². The molecule has 0 aromatic heterocycles. The average molecular weight is 424 g/mol. The first-order valence-electron chi connectivity index (χ1n) is 8.37. The molecule has 148 valence electrons. The number of methoxy groups -OCH3 is 1. The summed E-state index contributed by atoms with van der Waals surface area (Å²) in [7, 11) is -2.60. The minimum Gasteiger partial charge on any atom is -0.495 e. The lowest BCUT2D eigenvalue weighted by molar-refractivity contribution is -0.123. The Morgan fingerprint density at radius 2 is 1.86 bits per heavy atom. The molecule has 1 saturated carbocycles. The second-order valence-electron chi connectivity index (χ2n) is 6.20. The van der Waals surface area contributed by atoms with E-state index in [0.717, 1.165) is 12.8 Å². The summed E-state index contributed by atoms with van der Waals surface area (Å²) in [5.74, 6) is -0.646. The molecule has 1 fully saturated rings. The van der Waals surface area contributed by atoms with Crippen LogP contribution in [0.3, 0.4) is 0 Å². The van der Waals surface area contributed by atoms with Crippen LogP contribution in [0.4, 0.5) is 5.69 Å². The molecular formula is C18H18ClN3O5S. The zero-order valence-electron chi connectivity index (χ0n) is 14.9. The minimum atomic E-state index is -4.01. The highest BCUT2D eigenvalue weighted by Crippen LogP contribution is 2.30. The Kier molecular flexibility index (Phi) is 5.76. The van der Waals surface area contributed by atoms with Crippen molar-refractivity contribution in [1.82, 2.24) is 10.9 Å². The largest absolute Gasteiger partial charge is 0.495 e. The lowest BCUT2D eigenvalue weighted by Crippen LogP contribution is -2.42. The van der Waals surface area contributed by atoms with Gasteiger partial charge in [0.15, 0.2) is 0 Å². The third-order valence-corrected chi connectivity index (χ3v) is 5.66. The van der Waals surface area contributed by atoms with E-state index in [1.807, 2.05) is 0 Å². The summed E-state index contributed by atoms with van der Waals surface area (Å²) in [6, 6.07) is 9.95. The third kappa shape index (κ3) is 4.73. The maximum Gasteiger partial charge on any atom is 0.269 e. The van der Waals surface area contributed by atoms with Crippen LogP contribution in [0.5, 0.6) is 5.75 Å². The Morgan fingerprint density at radius 3 is 2.54 bits per heavy atom. The van der Waals surface area contributed by atoms with Gasteiger partial charge < -0.3 is 4.74 Å². The maximum absolute atomic E-state index is 12.7. The topological polar surface area (TPSA) is 114 Å². The van der Waals surface area contributed by atoms with Crippen molar-refractivity contribution in [3.63, 3.8) is 0 Å². The number of hydrogen-bond donors (Lipinski definition) is 3. The van der Waals surface area contributed by atoms with Crippen LogP contribution >= 0.6 is 11.6 Å². The third-order valence-electron chi connectivity index (χ3n) is 4.06. The molecule has 0 aliphatic heterocycles. The van der Waals surface area contributed by atoms with Crippen LogP contribution in [0.25, 0.3) is 0 Å². The molecule has 1 aliphatic rings. The fourth-order valence-corrected chi connectivity index (χ4v) is 3.69. The van der Waals surface area contributed by atoms with E-state index >= 15 is 0 Å². The number of amides is 2.